The van der Waals surface area contributed by atoms with Gasteiger partial charge in [-0.2, -0.15) is 0 Å². The van der Waals surface area contributed by atoms with Crippen LogP contribution >= 0.6 is 0 Å². The van der Waals surface area contributed by atoms with Gasteiger partial charge in [-0.15, -0.1) is 0 Å². The monoisotopic (exact) mass is 225 g/mol. The maximum atomic E-state index is 11.2. The zero-order chi connectivity index (χ0) is 12.0. The second-order valence-electron chi connectivity index (χ2n) is 3.71. The highest BCUT2D eigenvalue weighted by atomic mass is 16.1. The molecule has 1 unspecified atom stereocenters. The molecular formula is C10H19N5O. The molecule has 0 fully saturated rings. The van der Waals surface area contributed by atoms with Crippen molar-refractivity contribution in [3.8, 4) is 0 Å². The quantitative estimate of drug-likeness (QED) is 0.556. The zero-order valence-corrected chi connectivity index (χ0v) is 9.49. The Morgan fingerprint density at radius 1 is 1.62 bits per heavy atom. The Morgan fingerprint density at radius 3 is 3.00 bits per heavy atom. The van der Waals surface area contributed by atoms with Gasteiger partial charge in [-0.25, -0.2) is 4.98 Å². The molecule has 0 aliphatic rings. The van der Waals surface area contributed by atoms with Crippen molar-refractivity contribution in [3.63, 3.8) is 0 Å². The fraction of sp³-hybridized carbons (Fsp3) is 0.600. The van der Waals surface area contributed by atoms with Crippen molar-refractivity contribution in [1.29, 1.82) is 0 Å². The first-order valence-electron chi connectivity index (χ1n) is 5.48. The summed E-state index contributed by atoms with van der Waals surface area (Å²) in [6.07, 6.45) is 4.46. The van der Waals surface area contributed by atoms with E-state index in [0.717, 1.165) is 19.3 Å². The second kappa shape index (κ2) is 6.12. The van der Waals surface area contributed by atoms with Crippen LogP contribution in [0.5, 0.6) is 0 Å². The number of H-pyrrole nitrogens is 1. The number of nitrogens with one attached hydrogen (secondary N) is 2. The molecule has 0 saturated heterocycles. The van der Waals surface area contributed by atoms with E-state index in [1.54, 1.807) is 0 Å². The van der Waals surface area contributed by atoms with Crippen molar-refractivity contribution in [2.24, 2.45) is 5.73 Å². The Bertz CT molecular complexity index is 376. The Kier molecular flexibility index (Phi) is 4.78. The van der Waals surface area contributed by atoms with Crippen LogP contribution in [0.3, 0.4) is 0 Å². The predicted molar refractivity (Wildman–Crippen MR) is 65.3 cm³/mol. The van der Waals surface area contributed by atoms with Crippen LogP contribution in [-0.4, -0.2) is 22.6 Å². The average molecular weight is 225 g/mol. The van der Waals surface area contributed by atoms with Crippen LogP contribution in [0.15, 0.2) is 11.1 Å². The summed E-state index contributed by atoms with van der Waals surface area (Å²) in [6.45, 7) is 2.61. The standard InChI is InChI=1S/C10H19N5O/c1-2-3-4-7(5-11)15-9-8(12)10(16)14-6-13-9/h6-7H,2-5,11-12H2,1H3,(H2,13,14,15,16). The molecule has 0 bridgehead atoms. The van der Waals surface area contributed by atoms with E-state index in [0.29, 0.717) is 12.4 Å². The van der Waals surface area contributed by atoms with E-state index >= 15 is 0 Å². The molecule has 0 radical (unpaired) electrons. The van der Waals surface area contributed by atoms with E-state index < -0.39 is 0 Å². The Balaban J connectivity index is 2.70. The number of rotatable bonds is 6. The summed E-state index contributed by atoms with van der Waals surface area (Å²) in [6, 6.07) is 0.108. The molecule has 0 aliphatic heterocycles. The smallest absolute Gasteiger partial charge is 0.276 e. The highest BCUT2D eigenvalue weighted by molar-refractivity contribution is 5.59. The normalized spacial score (nSPS) is 12.4. The summed E-state index contributed by atoms with van der Waals surface area (Å²) in [5.74, 6) is 0.412. The van der Waals surface area contributed by atoms with Crippen molar-refractivity contribution < 1.29 is 0 Å². The molecule has 1 atom stereocenters. The van der Waals surface area contributed by atoms with E-state index in [-0.39, 0.29) is 17.3 Å². The van der Waals surface area contributed by atoms with Crippen molar-refractivity contribution in [2.45, 2.75) is 32.2 Å². The van der Waals surface area contributed by atoms with E-state index in [1.165, 1.54) is 6.33 Å². The number of hydrogen-bond acceptors (Lipinski definition) is 5. The molecule has 1 heterocycles. The number of nitrogen functional groups attached to an aromatic ring is 1. The van der Waals surface area contributed by atoms with Gasteiger partial charge >= 0.3 is 0 Å². The summed E-state index contributed by atoms with van der Waals surface area (Å²) >= 11 is 0. The zero-order valence-electron chi connectivity index (χ0n) is 9.49. The number of unbranched alkanes of at least 4 members (excludes halogenated alkanes) is 1. The first-order valence-corrected chi connectivity index (χ1v) is 5.48. The molecule has 0 amide bonds. The fourth-order valence-corrected chi connectivity index (χ4v) is 1.42. The number of hydrogen-bond donors (Lipinski definition) is 4. The third-order valence-electron chi connectivity index (χ3n) is 2.42. The molecular weight excluding hydrogens is 206 g/mol. The van der Waals surface area contributed by atoms with Gasteiger partial charge in [0.05, 0.1) is 6.33 Å². The third-order valence-corrected chi connectivity index (χ3v) is 2.42. The molecule has 16 heavy (non-hydrogen) atoms. The average Bonchev–Trinajstić information content (AvgIpc) is 2.30. The van der Waals surface area contributed by atoms with Crippen molar-refractivity contribution in [2.75, 3.05) is 17.6 Å². The molecule has 0 aromatic carbocycles. The maximum absolute atomic E-state index is 11.2. The first kappa shape index (κ1) is 12.5. The fourth-order valence-electron chi connectivity index (χ4n) is 1.42. The van der Waals surface area contributed by atoms with Crippen LogP contribution < -0.4 is 22.3 Å². The summed E-state index contributed by atoms with van der Waals surface area (Å²) in [7, 11) is 0. The van der Waals surface area contributed by atoms with Crippen LogP contribution in [0.1, 0.15) is 26.2 Å². The topological polar surface area (TPSA) is 110 Å². The minimum absolute atomic E-state index is 0.108. The highest BCUT2D eigenvalue weighted by Gasteiger charge is 2.10. The van der Waals surface area contributed by atoms with Crippen LogP contribution in [0.25, 0.3) is 0 Å². The van der Waals surface area contributed by atoms with Gasteiger partial charge in [-0.3, -0.25) is 4.79 Å². The first-order chi connectivity index (χ1) is 7.69. The van der Waals surface area contributed by atoms with Gasteiger partial charge in [0.2, 0.25) is 0 Å². The summed E-state index contributed by atoms with van der Waals surface area (Å²) in [5, 5.41) is 3.09. The summed E-state index contributed by atoms with van der Waals surface area (Å²) in [5.41, 5.74) is 11.0. The number of aromatic amines is 1. The summed E-state index contributed by atoms with van der Waals surface area (Å²) in [4.78, 5) is 17.6. The van der Waals surface area contributed by atoms with Gasteiger partial charge in [0.15, 0.2) is 5.82 Å². The third kappa shape index (κ3) is 3.23. The van der Waals surface area contributed by atoms with Crippen LogP contribution in [0, 0.1) is 0 Å². The molecule has 1 aromatic rings. The largest absolute Gasteiger partial charge is 0.391 e. The van der Waals surface area contributed by atoms with E-state index in [9.17, 15) is 4.79 Å². The molecule has 6 nitrogen and oxygen atoms in total. The lowest BCUT2D eigenvalue weighted by Crippen LogP contribution is -2.30. The maximum Gasteiger partial charge on any atom is 0.276 e. The van der Waals surface area contributed by atoms with Crippen LogP contribution in [0.4, 0.5) is 11.5 Å². The molecule has 6 heteroatoms. The number of nitrogens with zero attached hydrogens (tertiary/aromatic N) is 1. The lowest BCUT2D eigenvalue weighted by Gasteiger charge is -2.17. The second-order valence-corrected chi connectivity index (χ2v) is 3.71. The Labute approximate surface area is 94.5 Å². The van der Waals surface area contributed by atoms with E-state index in [2.05, 4.69) is 22.2 Å². The minimum atomic E-state index is -0.330. The van der Waals surface area contributed by atoms with Gasteiger partial charge in [0.25, 0.3) is 5.56 Å². The highest BCUT2D eigenvalue weighted by Crippen LogP contribution is 2.11. The van der Waals surface area contributed by atoms with Crippen molar-refractivity contribution in [3.05, 3.63) is 16.7 Å². The lowest BCUT2D eigenvalue weighted by molar-refractivity contribution is 0.612. The van der Waals surface area contributed by atoms with Crippen LogP contribution in [0.2, 0.25) is 0 Å². The van der Waals surface area contributed by atoms with Gasteiger partial charge in [0, 0.05) is 12.6 Å². The van der Waals surface area contributed by atoms with Gasteiger partial charge in [-0.1, -0.05) is 19.8 Å². The molecule has 6 N–H and O–H groups in total. The van der Waals surface area contributed by atoms with Crippen LogP contribution in [-0.2, 0) is 0 Å². The predicted octanol–water partition coefficient (Wildman–Crippen LogP) is 0.282. The van der Waals surface area contributed by atoms with E-state index in [1.807, 2.05) is 0 Å². The number of anilines is 2. The molecule has 0 aliphatic carbocycles. The van der Waals surface area contributed by atoms with Crippen molar-refractivity contribution in [1.82, 2.24) is 9.97 Å². The summed E-state index contributed by atoms with van der Waals surface area (Å²) < 4.78 is 0. The van der Waals surface area contributed by atoms with Gasteiger partial charge < -0.3 is 21.8 Å². The van der Waals surface area contributed by atoms with Gasteiger partial charge in [-0.05, 0) is 6.42 Å². The Hall–Kier alpha value is -1.56. The SMILES string of the molecule is CCCCC(CN)Nc1nc[nH]c(=O)c1N. The molecule has 90 valence electrons. The van der Waals surface area contributed by atoms with Gasteiger partial charge in [0.1, 0.15) is 5.69 Å². The lowest BCUT2D eigenvalue weighted by atomic mass is 10.1. The number of aromatic nitrogens is 2. The Morgan fingerprint density at radius 2 is 2.38 bits per heavy atom. The molecule has 1 rings (SSSR count). The number of nitrogens with two attached hydrogens (primary N) is 2. The van der Waals surface area contributed by atoms with Crippen molar-refractivity contribution >= 4 is 11.5 Å². The van der Waals surface area contributed by atoms with E-state index in [4.69, 9.17) is 11.5 Å². The molecule has 0 saturated carbocycles. The molecule has 0 spiro atoms. The minimum Gasteiger partial charge on any atom is -0.391 e. The molecule has 1 aromatic heterocycles.